The molecule has 1 heterocycles. The number of fused-ring (bicyclic) bond motifs is 1. The lowest BCUT2D eigenvalue weighted by Crippen LogP contribution is -2.47. The van der Waals surface area contributed by atoms with Crippen LogP contribution in [-0.4, -0.2) is 31.3 Å². The van der Waals surface area contributed by atoms with Crippen LogP contribution < -0.4 is 10.6 Å². The Bertz CT molecular complexity index is 560. The highest BCUT2D eigenvalue weighted by atomic mass is 16.5. The average molecular weight is 328 g/mol. The molecule has 0 bridgehead atoms. The molecule has 1 aliphatic heterocycles. The summed E-state index contributed by atoms with van der Waals surface area (Å²) in [5.41, 5.74) is 2.97. The van der Waals surface area contributed by atoms with Crippen molar-refractivity contribution >= 4 is 6.03 Å². The zero-order chi connectivity index (χ0) is 16.4. The highest BCUT2D eigenvalue weighted by Crippen LogP contribution is 2.38. The van der Waals surface area contributed by atoms with Gasteiger partial charge in [-0.2, -0.15) is 0 Å². The van der Waals surface area contributed by atoms with E-state index in [1.54, 1.807) is 0 Å². The Labute approximate surface area is 144 Å². The fourth-order valence-corrected chi connectivity index (χ4v) is 4.24. The van der Waals surface area contributed by atoms with Crippen molar-refractivity contribution < 1.29 is 9.53 Å². The summed E-state index contributed by atoms with van der Waals surface area (Å²) in [5.74, 6) is 1.42. The number of amides is 2. The van der Waals surface area contributed by atoms with Crippen LogP contribution >= 0.6 is 0 Å². The van der Waals surface area contributed by atoms with Crippen molar-refractivity contribution in [1.29, 1.82) is 0 Å². The van der Waals surface area contributed by atoms with Crippen molar-refractivity contribution in [2.45, 2.75) is 57.1 Å². The van der Waals surface area contributed by atoms with Gasteiger partial charge in [0.2, 0.25) is 0 Å². The van der Waals surface area contributed by atoms with Crippen LogP contribution in [0.2, 0.25) is 0 Å². The molecular formula is C20H28N2O2. The van der Waals surface area contributed by atoms with E-state index in [0.29, 0.717) is 12.0 Å². The van der Waals surface area contributed by atoms with Crippen molar-refractivity contribution in [2.75, 3.05) is 13.2 Å². The number of ether oxygens (including phenoxy) is 1. The van der Waals surface area contributed by atoms with Crippen molar-refractivity contribution in [2.24, 2.45) is 11.8 Å². The van der Waals surface area contributed by atoms with Gasteiger partial charge in [-0.15, -0.1) is 0 Å². The van der Waals surface area contributed by atoms with Gasteiger partial charge in [0.05, 0.1) is 6.10 Å². The predicted molar refractivity (Wildman–Crippen MR) is 94.0 cm³/mol. The molecule has 1 aromatic carbocycles. The molecule has 2 amide bonds. The summed E-state index contributed by atoms with van der Waals surface area (Å²) in [4.78, 5) is 12.1. The summed E-state index contributed by atoms with van der Waals surface area (Å²) >= 11 is 0. The summed E-state index contributed by atoms with van der Waals surface area (Å²) in [5, 5.41) is 6.20. The Morgan fingerprint density at radius 1 is 1.12 bits per heavy atom. The van der Waals surface area contributed by atoms with E-state index in [-0.39, 0.29) is 12.1 Å². The van der Waals surface area contributed by atoms with Gasteiger partial charge in [0.1, 0.15) is 0 Å². The average Bonchev–Trinajstić information content (AvgIpc) is 3.35. The number of urea groups is 1. The SMILES string of the molecule is O=C(NCCC1Cc2ccccc2C1)N[C@H]1CCO[C@H](C2CC2)C1. The molecule has 2 atom stereocenters. The van der Waals surface area contributed by atoms with E-state index < -0.39 is 0 Å². The third kappa shape index (κ3) is 3.92. The second-order valence-electron chi connectivity index (χ2n) is 7.70. The molecule has 0 spiro atoms. The van der Waals surface area contributed by atoms with Crippen molar-refractivity contribution in [1.82, 2.24) is 10.6 Å². The van der Waals surface area contributed by atoms with Crippen molar-refractivity contribution in [3.63, 3.8) is 0 Å². The van der Waals surface area contributed by atoms with E-state index in [1.807, 2.05) is 0 Å². The van der Waals surface area contributed by atoms with Gasteiger partial charge >= 0.3 is 6.03 Å². The molecule has 2 aliphatic carbocycles. The maximum absolute atomic E-state index is 12.1. The predicted octanol–water partition coefficient (Wildman–Crippen LogP) is 3.05. The topological polar surface area (TPSA) is 50.4 Å². The smallest absolute Gasteiger partial charge is 0.315 e. The monoisotopic (exact) mass is 328 g/mol. The van der Waals surface area contributed by atoms with Crippen LogP contribution in [0.1, 0.15) is 43.2 Å². The van der Waals surface area contributed by atoms with Gasteiger partial charge < -0.3 is 15.4 Å². The molecule has 4 heteroatoms. The summed E-state index contributed by atoms with van der Waals surface area (Å²) in [7, 11) is 0. The first-order valence-electron chi connectivity index (χ1n) is 9.50. The van der Waals surface area contributed by atoms with E-state index in [1.165, 1.54) is 24.0 Å². The Morgan fingerprint density at radius 2 is 1.88 bits per heavy atom. The molecule has 1 aromatic rings. The Morgan fingerprint density at radius 3 is 2.58 bits per heavy atom. The summed E-state index contributed by atoms with van der Waals surface area (Å²) in [6.07, 6.45) is 8.26. The number of benzene rings is 1. The van der Waals surface area contributed by atoms with Gasteiger partial charge in [-0.25, -0.2) is 4.79 Å². The summed E-state index contributed by atoms with van der Waals surface area (Å²) in [6, 6.07) is 8.98. The minimum absolute atomic E-state index is 0.00745. The normalized spacial score (nSPS) is 26.8. The standard InChI is InChI=1S/C20H28N2O2/c23-20(22-18-8-10-24-19(13-18)15-5-6-15)21-9-7-14-11-16-3-1-2-4-17(16)12-14/h1-4,14-15,18-19H,5-13H2,(H2,21,22,23)/t18-,19-/m0/s1. The molecule has 3 aliphatic rings. The van der Waals surface area contributed by atoms with Gasteiger partial charge in [-0.3, -0.25) is 0 Å². The molecule has 2 fully saturated rings. The van der Waals surface area contributed by atoms with Gasteiger partial charge in [0, 0.05) is 19.2 Å². The fraction of sp³-hybridized carbons (Fsp3) is 0.650. The molecular weight excluding hydrogens is 300 g/mol. The molecule has 0 aromatic heterocycles. The van der Waals surface area contributed by atoms with Crippen LogP contribution in [0.15, 0.2) is 24.3 Å². The summed E-state index contributed by atoms with van der Waals surface area (Å²) in [6.45, 7) is 1.55. The number of nitrogens with one attached hydrogen (secondary N) is 2. The van der Waals surface area contributed by atoms with Crippen molar-refractivity contribution in [3.05, 3.63) is 35.4 Å². The second kappa shape index (κ2) is 7.14. The molecule has 0 unspecified atom stereocenters. The van der Waals surface area contributed by atoms with E-state index >= 15 is 0 Å². The van der Waals surface area contributed by atoms with Crippen LogP contribution in [0, 0.1) is 11.8 Å². The highest BCUT2D eigenvalue weighted by molar-refractivity contribution is 5.74. The van der Waals surface area contributed by atoms with E-state index in [9.17, 15) is 4.79 Å². The number of hydrogen-bond acceptors (Lipinski definition) is 2. The van der Waals surface area contributed by atoms with Crippen LogP contribution in [0.4, 0.5) is 4.79 Å². The van der Waals surface area contributed by atoms with Gasteiger partial charge in [-0.1, -0.05) is 24.3 Å². The molecule has 2 N–H and O–H groups in total. The zero-order valence-corrected chi connectivity index (χ0v) is 14.3. The maximum atomic E-state index is 12.1. The molecule has 4 nitrogen and oxygen atoms in total. The lowest BCUT2D eigenvalue weighted by Gasteiger charge is -2.30. The number of carbonyl (C=O) groups is 1. The van der Waals surface area contributed by atoms with Crippen molar-refractivity contribution in [3.8, 4) is 0 Å². The fourth-order valence-electron chi connectivity index (χ4n) is 4.24. The van der Waals surface area contributed by atoms with Crippen LogP contribution in [-0.2, 0) is 17.6 Å². The highest BCUT2D eigenvalue weighted by Gasteiger charge is 2.36. The molecule has 0 radical (unpaired) electrons. The zero-order valence-electron chi connectivity index (χ0n) is 14.3. The maximum Gasteiger partial charge on any atom is 0.315 e. The first kappa shape index (κ1) is 15.9. The first-order valence-corrected chi connectivity index (χ1v) is 9.50. The minimum atomic E-state index is -0.00745. The molecule has 4 rings (SSSR count). The Balaban J connectivity index is 1.15. The van der Waals surface area contributed by atoms with Crippen LogP contribution in [0.25, 0.3) is 0 Å². The first-order chi connectivity index (χ1) is 11.8. The van der Waals surface area contributed by atoms with Gasteiger partial charge in [0.25, 0.3) is 0 Å². The Hall–Kier alpha value is -1.55. The van der Waals surface area contributed by atoms with Gasteiger partial charge in [0.15, 0.2) is 0 Å². The lowest BCUT2D eigenvalue weighted by molar-refractivity contribution is -0.00913. The number of rotatable bonds is 5. The third-order valence-electron chi connectivity index (χ3n) is 5.77. The molecule has 130 valence electrons. The minimum Gasteiger partial charge on any atom is -0.378 e. The molecule has 1 saturated heterocycles. The second-order valence-corrected chi connectivity index (χ2v) is 7.70. The van der Waals surface area contributed by atoms with E-state index in [4.69, 9.17) is 4.74 Å². The van der Waals surface area contributed by atoms with E-state index in [2.05, 4.69) is 34.9 Å². The summed E-state index contributed by atoms with van der Waals surface area (Å²) < 4.78 is 5.82. The molecule has 24 heavy (non-hydrogen) atoms. The van der Waals surface area contributed by atoms with Gasteiger partial charge in [-0.05, 0) is 67.9 Å². The number of carbonyl (C=O) groups excluding carboxylic acids is 1. The third-order valence-corrected chi connectivity index (χ3v) is 5.77. The number of hydrogen-bond donors (Lipinski definition) is 2. The van der Waals surface area contributed by atoms with Crippen LogP contribution in [0.3, 0.4) is 0 Å². The largest absolute Gasteiger partial charge is 0.378 e. The molecule has 1 saturated carbocycles. The lowest BCUT2D eigenvalue weighted by atomic mass is 10.0. The van der Waals surface area contributed by atoms with E-state index in [0.717, 1.165) is 51.2 Å². The quantitative estimate of drug-likeness (QED) is 0.873. The Kier molecular flexibility index (Phi) is 4.74. The van der Waals surface area contributed by atoms with Crippen LogP contribution in [0.5, 0.6) is 0 Å².